The van der Waals surface area contributed by atoms with E-state index >= 15 is 0 Å². The SMILES string of the molecule is CCOC(=O)N1CCN(c2cnnc(Nc3cccc(OC)c3)n2)CC1. The highest BCUT2D eigenvalue weighted by Crippen LogP contribution is 2.20. The lowest BCUT2D eigenvalue weighted by molar-refractivity contribution is 0.105. The molecular formula is C17H22N6O3. The van der Waals surface area contributed by atoms with Gasteiger partial charge in [0, 0.05) is 37.9 Å². The molecule has 26 heavy (non-hydrogen) atoms. The van der Waals surface area contributed by atoms with Gasteiger partial charge < -0.3 is 24.6 Å². The van der Waals surface area contributed by atoms with Crippen LogP contribution in [0.5, 0.6) is 5.75 Å². The highest BCUT2D eigenvalue weighted by Gasteiger charge is 2.23. The number of ether oxygens (including phenoxy) is 2. The fraction of sp³-hybridized carbons (Fsp3) is 0.412. The van der Waals surface area contributed by atoms with Crippen LogP contribution >= 0.6 is 0 Å². The minimum absolute atomic E-state index is 0.270. The fourth-order valence-corrected chi connectivity index (χ4v) is 2.66. The van der Waals surface area contributed by atoms with Crippen LogP contribution in [0.3, 0.4) is 0 Å². The number of piperazine rings is 1. The van der Waals surface area contributed by atoms with Gasteiger partial charge in [0.25, 0.3) is 0 Å². The van der Waals surface area contributed by atoms with Crippen molar-refractivity contribution in [2.24, 2.45) is 0 Å². The largest absolute Gasteiger partial charge is 0.497 e. The van der Waals surface area contributed by atoms with E-state index in [2.05, 4.69) is 25.4 Å². The number of hydrogen-bond acceptors (Lipinski definition) is 8. The molecule has 0 spiro atoms. The standard InChI is InChI=1S/C17H22N6O3/c1-3-26-17(24)23-9-7-22(8-10-23)15-12-18-21-16(20-15)19-13-5-4-6-14(11-13)25-2/h4-6,11-12H,3,7-10H2,1-2H3,(H,19,20,21). The zero-order chi connectivity index (χ0) is 18.4. The molecule has 9 nitrogen and oxygen atoms in total. The van der Waals surface area contributed by atoms with E-state index in [1.807, 2.05) is 24.3 Å². The average Bonchev–Trinajstić information content (AvgIpc) is 2.69. The lowest BCUT2D eigenvalue weighted by atomic mass is 10.3. The van der Waals surface area contributed by atoms with Gasteiger partial charge in [-0.25, -0.2) is 4.79 Å². The molecule has 1 N–H and O–H groups in total. The molecule has 2 heterocycles. The van der Waals surface area contributed by atoms with E-state index in [1.54, 1.807) is 25.1 Å². The lowest BCUT2D eigenvalue weighted by Crippen LogP contribution is -2.49. The highest BCUT2D eigenvalue weighted by atomic mass is 16.6. The molecule has 2 aromatic rings. The van der Waals surface area contributed by atoms with Crippen molar-refractivity contribution in [3.05, 3.63) is 30.5 Å². The minimum atomic E-state index is -0.270. The number of benzene rings is 1. The Morgan fingerprint density at radius 1 is 1.27 bits per heavy atom. The summed E-state index contributed by atoms with van der Waals surface area (Å²) in [4.78, 5) is 20.1. The number of hydrogen-bond donors (Lipinski definition) is 1. The molecule has 0 aliphatic carbocycles. The number of aromatic nitrogens is 3. The molecule has 1 fully saturated rings. The van der Waals surface area contributed by atoms with Crippen LogP contribution in [0.4, 0.5) is 22.2 Å². The van der Waals surface area contributed by atoms with Gasteiger partial charge in [0.2, 0.25) is 5.95 Å². The van der Waals surface area contributed by atoms with Crippen molar-refractivity contribution >= 4 is 23.5 Å². The zero-order valence-corrected chi connectivity index (χ0v) is 14.9. The van der Waals surface area contributed by atoms with Crippen molar-refractivity contribution in [1.82, 2.24) is 20.1 Å². The molecule has 0 atom stereocenters. The summed E-state index contributed by atoms with van der Waals surface area (Å²) in [5.74, 6) is 1.87. The number of rotatable bonds is 5. The Balaban J connectivity index is 1.63. The van der Waals surface area contributed by atoms with Gasteiger partial charge >= 0.3 is 6.09 Å². The summed E-state index contributed by atoms with van der Waals surface area (Å²) in [5, 5.41) is 11.2. The topological polar surface area (TPSA) is 92.7 Å². The van der Waals surface area contributed by atoms with Gasteiger partial charge in [-0.2, -0.15) is 10.1 Å². The first-order valence-electron chi connectivity index (χ1n) is 8.47. The van der Waals surface area contributed by atoms with Crippen LogP contribution in [0.25, 0.3) is 0 Å². The van der Waals surface area contributed by atoms with Crippen molar-refractivity contribution in [2.45, 2.75) is 6.92 Å². The molecule has 138 valence electrons. The summed E-state index contributed by atoms with van der Waals surface area (Å²) >= 11 is 0. The summed E-state index contributed by atoms with van der Waals surface area (Å²) in [7, 11) is 1.62. The van der Waals surface area contributed by atoms with Crippen molar-refractivity contribution < 1.29 is 14.3 Å². The van der Waals surface area contributed by atoms with Gasteiger partial charge in [0.15, 0.2) is 5.82 Å². The molecule has 1 aliphatic heterocycles. The van der Waals surface area contributed by atoms with Crippen LogP contribution in [-0.2, 0) is 4.74 Å². The normalized spacial score (nSPS) is 14.1. The van der Waals surface area contributed by atoms with Crippen molar-refractivity contribution in [3.63, 3.8) is 0 Å². The van der Waals surface area contributed by atoms with E-state index < -0.39 is 0 Å². The molecule has 0 unspecified atom stereocenters. The van der Waals surface area contributed by atoms with Crippen LogP contribution in [0, 0.1) is 0 Å². The summed E-state index contributed by atoms with van der Waals surface area (Å²) < 4.78 is 10.2. The quantitative estimate of drug-likeness (QED) is 0.866. The molecular weight excluding hydrogens is 336 g/mol. The van der Waals surface area contributed by atoms with E-state index in [0.29, 0.717) is 44.6 Å². The number of nitrogens with zero attached hydrogens (tertiary/aromatic N) is 5. The molecule has 0 radical (unpaired) electrons. The summed E-state index contributed by atoms with van der Waals surface area (Å²) in [6.07, 6.45) is 1.35. The average molecular weight is 358 g/mol. The van der Waals surface area contributed by atoms with Crippen molar-refractivity contribution in [1.29, 1.82) is 0 Å². The van der Waals surface area contributed by atoms with E-state index in [0.717, 1.165) is 11.4 Å². The maximum absolute atomic E-state index is 11.8. The smallest absolute Gasteiger partial charge is 0.409 e. The summed E-state index contributed by atoms with van der Waals surface area (Å²) in [6.45, 7) is 4.68. The van der Waals surface area contributed by atoms with Gasteiger partial charge in [-0.1, -0.05) is 6.07 Å². The van der Waals surface area contributed by atoms with Crippen LogP contribution in [0.2, 0.25) is 0 Å². The van der Waals surface area contributed by atoms with E-state index in [-0.39, 0.29) is 6.09 Å². The highest BCUT2D eigenvalue weighted by molar-refractivity contribution is 5.68. The molecule has 3 rings (SSSR count). The second-order valence-corrected chi connectivity index (χ2v) is 5.67. The molecule has 9 heteroatoms. The molecule has 1 aromatic carbocycles. The van der Waals surface area contributed by atoms with Crippen LogP contribution in [0.1, 0.15) is 6.92 Å². The van der Waals surface area contributed by atoms with Crippen LogP contribution in [0.15, 0.2) is 30.5 Å². The van der Waals surface area contributed by atoms with Gasteiger partial charge in [-0.05, 0) is 19.1 Å². The third-order valence-corrected chi connectivity index (χ3v) is 4.00. The van der Waals surface area contributed by atoms with Gasteiger partial charge in [0.05, 0.1) is 19.9 Å². The number of carbonyl (C=O) groups is 1. The van der Waals surface area contributed by atoms with Gasteiger partial charge in [-0.15, -0.1) is 5.10 Å². The molecule has 0 bridgehead atoms. The predicted octanol–water partition coefficient (Wildman–Crippen LogP) is 1.90. The second kappa shape index (κ2) is 8.32. The maximum Gasteiger partial charge on any atom is 0.409 e. The number of nitrogens with one attached hydrogen (secondary N) is 1. The van der Waals surface area contributed by atoms with Crippen LogP contribution in [-0.4, -0.2) is 66.1 Å². The first-order valence-corrected chi connectivity index (χ1v) is 8.47. The molecule has 1 aromatic heterocycles. The Bertz CT molecular complexity index is 749. The molecule has 1 aliphatic rings. The number of amides is 1. The van der Waals surface area contributed by atoms with Gasteiger partial charge in [0.1, 0.15) is 5.75 Å². The minimum Gasteiger partial charge on any atom is -0.497 e. The molecule has 1 amide bonds. The third-order valence-electron chi connectivity index (χ3n) is 4.00. The fourth-order valence-electron chi connectivity index (χ4n) is 2.66. The first-order chi connectivity index (χ1) is 12.7. The Kier molecular flexibility index (Phi) is 5.67. The van der Waals surface area contributed by atoms with E-state index in [1.165, 1.54) is 0 Å². The molecule has 1 saturated heterocycles. The maximum atomic E-state index is 11.8. The predicted molar refractivity (Wildman–Crippen MR) is 96.9 cm³/mol. The number of carbonyl (C=O) groups excluding carboxylic acids is 1. The summed E-state index contributed by atoms with van der Waals surface area (Å²) in [6, 6.07) is 7.50. The molecule has 0 saturated carbocycles. The Morgan fingerprint density at radius 3 is 2.81 bits per heavy atom. The Morgan fingerprint density at radius 2 is 2.08 bits per heavy atom. The van der Waals surface area contributed by atoms with Crippen LogP contribution < -0.4 is 15.0 Å². The van der Waals surface area contributed by atoms with E-state index in [4.69, 9.17) is 9.47 Å². The Labute approximate surface area is 151 Å². The zero-order valence-electron chi connectivity index (χ0n) is 14.9. The number of anilines is 3. The van der Waals surface area contributed by atoms with Gasteiger partial charge in [-0.3, -0.25) is 0 Å². The second-order valence-electron chi connectivity index (χ2n) is 5.67. The van der Waals surface area contributed by atoms with E-state index in [9.17, 15) is 4.79 Å². The third kappa shape index (κ3) is 4.29. The van der Waals surface area contributed by atoms with Crippen molar-refractivity contribution in [3.8, 4) is 5.75 Å². The first kappa shape index (κ1) is 17.7. The monoisotopic (exact) mass is 358 g/mol. The summed E-state index contributed by atoms with van der Waals surface area (Å²) in [5.41, 5.74) is 0.815. The lowest BCUT2D eigenvalue weighted by Gasteiger charge is -2.34. The van der Waals surface area contributed by atoms with Crippen molar-refractivity contribution in [2.75, 3.05) is 50.1 Å². The number of methoxy groups -OCH3 is 1. The Hall–Kier alpha value is -3.10.